The Morgan fingerprint density at radius 1 is 0.909 bits per heavy atom. The molecule has 0 aliphatic carbocycles. The Balaban J connectivity index is 2.18. The summed E-state index contributed by atoms with van der Waals surface area (Å²) in [6.07, 6.45) is 0.787. The van der Waals surface area contributed by atoms with Crippen LogP contribution in [0.15, 0.2) is 42.5 Å². The van der Waals surface area contributed by atoms with Crippen LogP contribution in [-0.2, 0) is 22.6 Å². The average molecular weight is 457 g/mol. The molecule has 180 valence electrons. The molecule has 0 radical (unpaired) electrons. The fraction of sp³-hybridized carbons (Fsp3) is 0.462. The van der Waals surface area contributed by atoms with E-state index in [2.05, 4.69) is 5.32 Å². The summed E-state index contributed by atoms with van der Waals surface area (Å²) in [5, 5.41) is 2.94. The molecule has 0 bridgehead atoms. The topological polar surface area (TPSA) is 77.1 Å². The molecule has 0 spiro atoms. The third-order valence-corrected chi connectivity index (χ3v) is 5.41. The Labute approximate surface area is 197 Å². The van der Waals surface area contributed by atoms with Crippen molar-refractivity contribution in [3.05, 3.63) is 53.6 Å². The van der Waals surface area contributed by atoms with Gasteiger partial charge in [0.25, 0.3) is 0 Å². The van der Waals surface area contributed by atoms with E-state index >= 15 is 0 Å². The van der Waals surface area contributed by atoms with Crippen LogP contribution in [-0.4, -0.2) is 50.6 Å². The van der Waals surface area contributed by atoms with E-state index in [1.54, 1.807) is 33.2 Å². The molecule has 1 atom stereocenters. The van der Waals surface area contributed by atoms with Crippen molar-refractivity contribution in [1.82, 2.24) is 10.2 Å². The summed E-state index contributed by atoms with van der Waals surface area (Å²) in [5.41, 5.74) is 1.86. The average Bonchev–Trinajstić information content (AvgIpc) is 2.83. The number of hydrogen-bond acceptors (Lipinski definition) is 5. The first-order valence-electron chi connectivity index (χ1n) is 11.2. The van der Waals surface area contributed by atoms with Gasteiger partial charge in [-0.15, -0.1) is 0 Å². The Morgan fingerprint density at radius 3 is 2.27 bits per heavy atom. The Morgan fingerprint density at radius 2 is 1.64 bits per heavy atom. The van der Waals surface area contributed by atoms with Crippen molar-refractivity contribution >= 4 is 11.8 Å². The lowest BCUT2D eigenvalue weighted by atomic mass is 10.1. The highest BCUT2D eigenvalue weighted by Crippen LogP contribution is 2.28. The maximum absolute atomic E-state index is 13.3. The van der Waals surface area contributed by atoms with Gasteiger partial charge in [0.05, 0.1) is 21.3 Å². The van der Waals surface area contributed by atoms with E-state index in [0.29, 0.717) is 42.7 Å². The number of rotatable bonds is 12. The van der Waals surface area contributed by atoms with Gasteiger partial charge in [0.15, 0.2) is 11.5 Å². The second kappa shape index (κ2) is 12.7. The molecular formula is C26H36N2O5. The Bertz CT molecular complexity index is 929. The minimum absolute atomic E-state index is 0.0974. The van der Waals surface area contributed by atoms with Gasteiger partial charge in [-0.2, -0.15) is 0 Å². The fourth-order valence-electron chi connectivity index (χ4n) is 3.43. The molecule has 0 saturated carbocycles. The molecule has 2 aromatic rings. The smallest absolute Gasteiger partial charge is 0.242 e. The van der Waals surface area contributed by atoms with E-state index in [0.717, 1.165) is 11.1 Å². The number of amides is 2. The van der Waals surface area contributed by atoms with Crippen LogP contribution in [0.25, 0.3) is 0 Å². The fourth-order valence-corrected chi connectivity index (χ4v) is 3.43. The minimum Gasteiger partial charge on any atom is -0.497 e. The first-order valence-corrected chi connectivity index (χ1v) is 11.2. The predicted molar refractivity (Wildman–Crippen MR) is 129 cm³/mol. The second-order valence-electron chi connectivity index (χ2n) is 8.38. The predicted octanol–water partition coefficient (Wildman–Crippen LogP) is 3.83. The van der Waals surface area contributed by atoms with Gasteiger partial charge < -0.3 is 24.4 Å². The summed E-state index contributed by atoms with van der Waals surface area (Å²) in [6, 6.07) is 12.6. The summed E-state index contributed by atoms with van der Waals surface area (Å²) >= 11 is 0. The number of nitrogens with one attached hydrogen (secondary N) is 1. The number of nitrogens with zero attached hydrogens (tertiary/aromatic N) is 1. The number of carbonyl (C=O) groups is 2. The van der Waals surface area contributed by atoms with E-state index < -0.39 is 6.04 Å². The van der Waals surface area contributed by atoms with Crippen molar-refractivity contribution in [3.63, 3.8) is 0 Å². The van der Waals surface area contributed by atoms with Gasteiger partial charge in [0.1, 0.15) is 11.8 Å². The molecule has 0 aromatic heterocycles. The third kappa shape index (κ3) is 7.70. The van der Waals surface area contributed by atoms with Gasteiger partial charge in [-0.05, 0) is 54.7 Å². The molecule has 0 fully saturated rings. The van der Waals surface area contributed by atoms with Gasteiger partial charge in [-0.25, -0.2) is 0 Å². The highest BCUT2D eigenvalue weighted by atomic mass is 16.5. The highest BCUT2D eigenvalue weighted by molar-refractivity contribution is 5.87. The SMILES string of the molecule is COc1cccc(CN(C(=O)CCc2ccc(OC)c(OC)c2)C(C)C(=O)NCC(C)C)c1. The Kier molecular flexibility index (Phi) is 10.0. The van der Waals surface area contributed by atoms with Gasteiger partial charge in [0, 0.05) is 19.5 Å². The molecule has 0 aliphatic heterocycles. The quantitative estimate of drug-likeness (QED) is 0.525. The normalized spacial score (nSPS) is 11.6. The first-order chi connectivity index (χ1) is 15.8. The third-order valence-electron chi connectivity index (χ3n) is 5.41. The number of ether oxygens (including phenoxy) is 3. The van der Waals surface area contributed by atoms with Crippen LogP contribution in [0, 0.1) is 5.92 Å². The van der Waals surface area contributed by atoms with Crippen molar-refractivity contribution in [2.45, 2.75) is 46.2 Å². The molecule has 1 unspecified atom stereocenters. The molecular weight excluding hydrogens is 420 g/mol. The van der Waals surface area contributed by atoms with Gasteiger partial charge >= 0.3 is 0 Å². The zero-order chi connectivity index (χ0) is 24.4. The van der Waals surface area contributed by atoms with Crippen molar-refractivity contribution in [2.24, 2.45) is 5.92 Å². The van der Waals surface area contributed by atoms with Crippen molar-refractivity contribution in [2.75, 3.05) is 27.9 Å². The van der Waals surface area contributed by atoms with E-state index in [-0.39, 0.29) is 18.2 Å². The summed E-state index contributed by atoms with van der Waals surface area (Å²) < 4.78 is 16.0. The number of carbonyl (C=O) groups excluding carboxylic acids is 2. The van der Waals surface area contributed by atoms with Gasteiger partial charge in [-0.3, -0.25) is 9.59 Å². The number of methoxy groups -OCH3 is 3. The lowest BCUT2D eigenvalue weighted by Crippen LogP contribution is -2.48. The summed E-state index contributed by atoms with van der Waals surface area (Å²) in [6.45, 7) is 6.72. The molecule has 2 aromatic carbocycles. The van der Waals surface area contributed by atoms with Crippen molar-refractivity contribution in [1.29, 1.82) is 0 Å². The van der Waals surface area contributed by atoms with Crippen LogP contribution in [0.3, 0.4) is 0 Å². The molecule has 0 aliphatic rings. The van der Waals surface area contributed by atoms with E-state index in [4.69, 9.17) is 14.2 Å². The van der Waals surface area contributed by atoms with E-state index in [9.17, 15) is 9.59 Å². The van der Waals surface area contributed by atoms with Crippen LogP contribution >= 0.6 is 0 Å². The van der Waals surface area contributed by atoms with E-state index in [1.807, 2.05) is 56.3 Å². The van der Waals surface area contributed by atoms with Crippen molar-refractivity contribution < 1.29 is 23.8 Å². The van der Waals surface area contributed by atoms with Crippen LogP contribution in [0.4, 0.5) is 0 Å². The minimum atomic E-state index is -0.604. The number of benzene rings is 2. The summed E-state index contributed by atoms with van der Waals surface area (Å²) in [7, 11) is 4.77. The number of hydrogen-bond donors (Lipinski definition) is 1. The largest absolute Gasteiger partial charge is 0.497 e. The van der Waals surface area contributed by atoms with Crippen LogP contribution < -0.4 is 19.5 Å². The van der Waals surface area contributed by atoms with Gasteiger partial charge in [-0.1, -0.05) is 32.0 Å². The standard InChI is InChI=1S/C26H36N2O5/c1-18(2)16-27-26(30)19(3)28(17-21-8-7-9-22(14-21)31-4)25(29)13-11-20-10-12-23(32-5)24(15-20)33-6/h7-10,12,14-15,18-19H,11,13,16-17H2,1-6H3,(H,27,30). The first kappa shape index (κ1) is 26.0. The van der Waals surface area contributed by atoms with E-state index in [1.165, 1.54) is 0 Å². The molecule has 1 N–H and O–H groups in total. The molecule has 33 heavy (non-hydrogen) atoms. The molecule has 2 rings (SSSR count). The Hall–Kier alpha value is -3.22. The second-order valence-corrected chi connectivity index (χ2v) is 8.38. The van der Waals surface area contributed by atoms with Crippen LogP contribution in [0.1, 0.15) is 38.3 Å². The zero-order valence-electron chi connectivity index (χ0n) is 20.5. The molecule has 2 amide bonds. The maximum Gasteiger partial charge on any atom is 0.242 e. The molecule has 7 nitrogen and oxygen atoms in total. The maximum atomic E-state index is 13.3. The summed E-state index contributed by atoms with van der Waals surface area (Å²) in [4.78, 5) is 27.7. The summed E-state index contributed by atoms with van der Waals surface area (Å²) in [5.74, 6) is 2.04. The zero-order valence-corrected chi connectivity index (χ0v) is 20.5. The number of aryl methyl sites for hydroxylation is 1. The lowest BCUT2D eigenvalue weighted by Gasteiger charge is -2.29. The molecule has 0 heterocycles. The molecule has 0 saturated heterocycles. The van der Waals surface area contributed by atoms with Crippen molar-refractivity contribution in [3.8, 4) is 17.2 Å². The molecule has 7 heteroatoms. The highest BCUT2D eigenvalue weighted by Gasteiger charge is 2.26. The lowest BCUT2D eigenvalue weighted by molar-refractivity contribution is -0.140. The van der Waals surface area contributed by atoms with Crippen LogP contribution in [0.5, 0.6) is 17.2 Å². The monoisotopic (exact) mass is 456 g/mol. The van der Waals surface area contributed by atoms with Crippen LogP contribution in [0.2, 0.25) is 0 Å². The van der Waals surface area contributed by atoms with Gasteiger partial charge in [0.2, 0.25) is 11.8 Å².